The van der Waals surface area contributed by atoms with E-state index in [1.807, 2.05) is 24.3 Å². The Morgan fingerprint density at radius 3 is 2.30 bits per heavy atom. The molecule has 1 amide bonds. The molecule has 2 aromatic rings. The first-order valence-electron chi connectivity index (χ1n) is 6.00. The Morgan fingerprint density at radius 1 is 1.10 bits per heavy atom. The molecule has 2 rings (SSSR count). The van der Waals surface area contributed by atoms with Gasteiger partial charge in [0.15, 0.2) is 0 Å². The van der Waals surface area contributed by atoms with E-state index in [0.29, 0.717) is 12.1 Å². The molecule has 6 heteroatoms. The second-order valence-electron chi connectivity index (χ2n) is 3.99. The van der Waals surface area contributed by atoms with Gasteiger partial charge in [-0.3, -0.25) is 4.79 Å². The summed E-state index contributed by atoms with van der Waals surface area (Å²) in [5.74, 6) is 0.548. The van der Waals surface area contributed by atoms with Crippen LogP contribution in [0.4, 0.5) is 0 Å². The maximum atomic E-state index is 11.9. The lowest BCUT2D eigenvalue weighted by atomic mass is 10.2. The van der Waals surface area contributed by atoms with Crippen LogP contribution in [0.15, 0.2) is 36.7 Å². The number of rotatable bonds is 5. The molecule has 0 bridgehead atoms. The van der Waals surface area contributed by atoms with Crippen LogP contribution in [0, 0.1) is 0 Å². The molecule has 0 spiro atoms. The number of amides is 1. The van der Waals surface area contributed by atoms with Crippen molar-refractivity contribution in [2.24, 2.45) is 0 Å². The van der Waals surface area contributed by atoms with Crippen molar-refractivity contribution in [1.82, 2.24) is 15.3 Å². The summed E-state index contributed by atoms with van der Waals surface area (Å²) in [6.07, 6.45) is 2.85. The van der Waals surface area contributed by atoms with Crippen LogP contribution >= 0.6 is 0 Å². The van der Waals surface area contributed by atoms with Crippen molar-refractivity contribution in [3.05, 3.63) is 47.8 Å². The standard InChI is InChI=1S/C14H15N3O3/c1-19-12-5-3-10(4-6-12)7-15-13(18)11-8-16-14(20-2)17-9-11/h3-6,8-9H,7H2,1-2H3,(H,15,18). The molecule has 0 saturated heterocycles. The summed E-state index contributed by atoms with van der Waals surface area (Å²) >= 11 is 0. The first kappa shape index (κ1) is 13.8. The van der Waals surface area contributed by atoms with Crippen LogP contribution in [0.3, 0.4) is 0 Å². The third-order valence-electron chi connectivity index (χ3n) is 2.69. The maximum absolute atomic E-state index is 11.9. The van der Waals surface area contributed by atoms with E-state index in [-0.39, 0.29) is 11.9 Å². The molecular formula is C14H15N3O3. The summed E-state index contributed by atoms with van der Waals surface area (Å²) in [7, 11) is 3.08. The van der Waals surface area contributed by atoms with Crippen LogP contribution in [-0.4, -0.2) is 30.1 Å². The lowest BCUT2D eigenvalue weighted by Gasteiger charge is -2.06. The quantitative estimate of drug-likeness (QED) is 0.892. The highest BCUT2D eigenvalue weighted by molar-refractivity contribution is 5.93. The monoisotopic (exact) mass is 273 g/mol. The number of hydrogen-bond acceptors (Lipinski definition) is 5. The number of nitrogens with zero attached hydrogens (tertiary/aromatic N) is 2. The number of nitrogens with one attached hydrogen (secondary N) is 1. The molecule has 0 aliphatic carbocycles. The summed E-state index contributed by atoms with van der Waals surface area (Å²) in [5, 5.41) is 2.79. The summed E-state index contributed by atoms with van der Waals surface area (Å²) < 4.78 is 9.90. The van der Waals surface area contributed by atoms with Gasteiger partial charge in [0.25, 0.3) is 5.91 Å². The Labute approximate surface area is 116 Å². The fourth-order valence-electron chi connectivity index (χ4n) is 1.57. The zero-order valence-electron chi connectivity index (χ0n) is 11.3. The molecule has 0 aliphatic heterocycles. The second kappa shape index (κ2) is 6.51. The molecule has 0 atom stereocenters. The van der Waals surface area contributed by atoms with E-state index in [0.717, 1.165) is 11.3 Å². The summed E-state index contributed by atoms with van der Waals surface area (Å²) in [4.78, 5) is 19.7. The van der Waals surface area contributed by atoms with Gasteiger partial charge in [0.2, 0.25) is 0 Å². The second-order valence-corrected chi connectivity index (χ2v) is 3.99. The molecule has 1 N–H and O–H groups in total. The summed E-state index contributed by atoms with van der Waals surface area (Å²) in [6, 6.07) is 7.71. The van der Waals surface area contributed by atoms with Crippen molar-refractivity contribution >= 4 is 5.91 Å². The van der Waals surface area contributed by atoms with Crippen LogP contribution in [0.2, 0.25) is 0 Å². The number of ether oxygens (including phenoxy) is 2. The van der Waals surface area contributed by atoms with Crippen LogP contribution < -0.4 is 14.8 Å². The first-order chi connectivity index (χ1) is 9.72. The van der Waals surface area contributed by atoms with Gasteiger partial charge in [0.1, 0.15) is 5.75 Å². The van der Waals surface area contributed by atoms with Crippen LogP contribution in [0.5, 0.6) is 11.8 Å². The summed E-state index contributed by atoms with van der Waals surface area (Å²) in [6.45, 7) is 0.425. The predicted molar refractivity (Wildman–Crippen MR) is 72.7 cm³/mol. The number of methoxy groups -OCH3 is 2. The maximum Gasteiger partial charge on any atom is 0.316 e. The molecule has 0 radical (unpaired) electrons. The fraction of sp³-hybridized carbons (Fsp3) is 0.214. The average molecular weight is 273 g/mol. The van der Waals surface area contributed by atoms with Gasteiger partial charge in [-0.2, -0.15) is 0 Å². The van der Waals surface area contributed by atoms with E-state index in [2.05, 4.69) is 15.3 Å². The Morgan fingerprint density at radius 2 is 1.75 bits per heavy atom. The zero-order valence-corrected chi connectivity index (χ0v) is 11.3. The zero-order chi connectivity index (χ0) is 14.4. The van der Waals surface area contributed by atoms with Crippen molar-refractivity contribution in [2.45, 2.75) is 6.54 Å². The molecule has 1 aromatic carbocycles. The van der Waals surface area contributed by atoms with Crippen molar-refractivity contribution in [2.75, 3.05) is 14.2 Å². The molecule has 0 saturated carbocycles. The number of aromatic nitrogens is 2. The molecule has 0 aliphatic rings. The van der Waals surface area contributed by atoms with E-state index in [1.165, 1.54) is 19.5 Å². The van der Waals surface area contributed by atoms with Gasteiger partial charge < -0.3 is 14.8 Å². The van der Waals surface area contributed by atoms with Gasteiger partial charge in [-0.1, -0.05) is 12.1 Å². The topological polar surface area (TPSA) is 73.3 Å². The minimum absolute atomic E-state index is 0.233. The van der Waals surface area contributed by atoms with Crippen molar-refractivity contribution < 1.29 is 14.3 Å². The highest BCUT2D eigenvalue weighted by Crippen LogP contribution is 2.11. The van der Waals surface area contributed by atoms with Crippen LogP contribution in [0.25, 0.3) is 0 Å². The van der Waals surface area contributed by atoms with Crippen molar-refractivity contribution in [3.8, 4) is 11.8 Å². The number of benzene rings is 1. The molecule has 0 fully saturated rings. The molecular weight excluding hydrogens is 258 g/mol. The molecule has 0 unspecified atom stereocenters. The summed E-state index contributed by atoms with van der Waals surface area (Å²) in [5.41, 5.74) is 1.37. The van der Waals surface area contributed by atoms with Crippen molar-refractivity contribution in [1.29, 1.82) is 0 Å². The van der Waals surface area contributed by atoms with E-state index < -0.39 is 0 Å². The van der Waals surface area contributed by atoms with E-state index in [4.69, 9.17) is 9.47 Å². The number of carbonyl (C=O) groups excluding carboxylic acids is 1. The van der Waals surface area contributed by atoms with E-state index in [9.17, 15) is 4.79 Å². The Kier molecular flexibility index (Phi) is 4.49. The number of carbonyl (C=O) groups is 1. The Bertz CT molecular complexity index is 567. The first-order valence-corrected chi connectivity index (χ1v) is 6.00. The van der Waals surface area contributed by atoms with Gasteiger partial charge in [-0.15, -0.1) is 0 Å². The molecule has 1 aromatic heterocycles. The lowest BCUT2D eigenvalue weighted by Crippen LogP contribution is -2.23. The molecule has 1 heterocycles. The SMILES string of the molecule is COc1ccc(CNC(=O)c2cnc(OC)nc2)cc1. The van der Waals surface area contributed by atoms with Gasteiger partial charge >= 0.3 is 6.01 Å². The lowest BCUT2D eigenvalue weighted by molar-refractivity contribution is 0.0950. The largest absolute Gasteiger partial charge is 0.497 e. The van der Waals surface area contributed by atoms with E-state index >= 15 is 0 Å². The minimum Gasteiger partial charge on any atom is -0.497 e. The molecule has 6 nitrogen and oxygen atoms in total. The van der Waals surface area contributed by atoms with Crippen molar-refractivity contribution in [3.63, 3.8) is 0 Å². The smallest absolute Gasteiger partial charge is 0.316 e. The fourth-order valence-corrected chi connectivity index (χ4v) is 1.57. The third-order valence-corrected chi connectivity index (χ3v) is 2.69. The third kappa shape index (κ3) is 3.44. The van der Waals surface area contributed by atoms with Gasteiger partial charge in [0.05, 0.1) is 19.8 Å². The predicted octanol–water partition coefficient (Wildman–Crippen LogP) is 1.42. The van der Waals surface area contributed by atoms with Gasteiger partial charge in [-0.25, -0.2) is 9.97 Å². The van der Waals surface area contributed by atoms with Gasteiger partial charge in [-0.05, 0) is 17.7 Å². The highest BCUT2D eigenvalue weighted by atomic mass is 16.5. The molecule has 20 heavy (non-hydrogen) atoms. The minimum atomic E-state index is -0.233. The average Bonchev–Trinajstić information content (AvgIpc) is 2.53. The van der Waals surface area contributed by atoms with Gasteiger partial charge in [0, 0.05) is 18.9 Å². The Hall–Kier alpha value is -2.63. The van der Waals surface area contributed by atoms with Crippen LogP contribution in [-0.2, 0) is 6.54 Å². The van der Waals surface area contributed by atoms with E-state index in [1.54, 1.807) is 7.11 Å². The highest BCUT2D eigenvalue weighted by Gasteiger charge is 2.07. The molecule has 104 valence electrons. The normalized spacial score (nSPS) is 9.90. The Balaban J connectivity index is 1.93. The van der Waals surface area contributed by atoms with Crippen LogP contribution in [0.1, 0.15) is 15.9 Å². The number of hydrogen-bond donors (Lipinski definition) is 1.